The van der Waals surface area contributed by atoms with Gasteiger partial charge in [-0.2, -0.15) is 5.10 Å². The van der Waals surface area contributed by atoms with Gasteiger partial charge in [0, 0.05) is 29.9 Å². The van der Waals surface area contributed by atoms with Crippen molar-refractivity contribution < 1.29 is 14.3 Å². The zero-order chi connectivity index (χ0) is 18.3. The number of nitrogens with one attached hydrogen (secondary N) is 2. The third-order valence-electron chi connectivity index (χ3n) is 2.72. The van der Waals surface area contributed by atoms with Gasteiger partial charge in [-0.05, 0) is 31.5 Å². The first-order valence-corrected chi connectivity index (χ1v) is 7.81. The zero-order valence-corrected chi connectivity index (χ0v) is 14.4. The molecule has 1 heterocycles. The van der Waals surface area contributed by atoms with Crippen LogP contribution in [0, 0.1) is 0 Å². The van der Waals surface area contributed by atoms with Crippen molar-refractivity contribution in [3.63, 3.8) is 0 Å². The van der Waals surface area contributed by atoms with Gasteiger partial charge >= 0.3 is 0 Å². The lowest BCUT2D eigenvalue weighted by atomic mass is 10.2. The number of hydrogen-bond acceptors (Lipinski definition) is 7. The van der Waals surface area contributed by atoms with E-state index in [2.05, 4.69) is 30.9 Å². The van der Waals surface area contributed by atoms with Gasteiger partial charge in [-0.3, -0.25) is 10.2 Å². The van der Waals surface area contributed by atoms with Gasteiger partial charge in [0.25, 0.3) is 5.91 Å². The summed E-state index contributed by atoms with van der Waals surface area (Å²) in [4.78, 5) is 18.7. The summed E-state index contributed by atoms with van der Waals surface area (Å²) in [6.45, 7) is 5.99. The molecule has 0 atom stereocenters. The minimum atomic E-state index is -0.219. The van der Waals surface area contributed by atoms with Gasteiger partial charge in [0.2, 0.25) is 0 Å². The second-order valence-corrected chi connectivity index (χ2v) is 5.04. The Morgan fingerprint density at radius 1 is 1.24 bits per heavy atom. The van der Waals surface area contributed by atoms with Crippen molar-refractivity contribution in [2.24, 2.45) is 10.2 Å². The Bertz CT molecular complexity index is 594. The maximum Gasteiger partial charge on any atom is 0.252 e. The van der Waals surface area contributed by atoms with Gasteiger partial charge < -0.3 is 14.8 Å². The predicted octanol–water partition coefficient (Wildman–Crippen LogP) is 1.96. The third kappa shape index (κ3) is 9.92. The molecule has 0 radical (unpaired) electrons. The van der Waals surface area contributed by atoms with Gasteiger partial charge in [0.05, 0.1) is 32.0 Å². The molecule has 136 valence electrons. The number of carbonyl (C=O) groups is 1. The average molecular weight is 349 g/mol. The summed E-state index contributed by atoms with van der Waals surface area (Å²) in [5, 5.41) is 10.1. The molecule has 1 aromatic heterocycles. The van der Waals surface area contributed by atoms with E-state index in [0.717, 1.165) is 5.71 Å². The van der Waals surface area contributed by atoms with Crippen LogP contribution in [0.4, 0.5) is 5.82 Å². The molecule has 0 saturated carbocycles. The van der Waals surface area contributed by atoms with Crippen molar-refractivity contribution in [3.8, 4) is 0 Å². The van der Waals surface area contributed by atoms with E-state index in [-0.39, 0.29) is 5.91 Å². The summed E-state index contributed by atoms with van der Waals surface area (Å²) in [7, 11) is 0. The Labute approximate surface area is 146 Å². The summed E-state index contributed by atoms with van der Waals surface area (Å²) in [5.41, 5.74) is 12.2. The van der Waals surface area contributed by atoms with Crippen LogP contribution in [0.5, 0.6) is 0 Å². The number of nitrogens with zero attached hydrogens (tertiary/aromatic N) is 5. The fourth-order valence-corrected chi connectivity index (χ4v) is 1.57. The van der Waals surface area contributed by atoms with E-state index in [1.54, 1.807) is 12.1 Å². The van der Waals surface area contributed by atoms with Crippen molar-refractivity contribution in [1.82, 2.24) is 10.3 Å². The fraction of sp³-hybridized carbons (Fsp3) is 0.533. The minimum Gasteiger partial charge on any atom is -0.379 e. The number of rotatable bonds is 12. The molecule has 0 aliphatic carbocycles. The Kier molecular flexibility index (Phi) is 10.4. The van der Waals surface area contributed by atoms with E-state index >= 15 is 0 Å². The first kappa shape index (κ1) is 20.4. The fourth-order valence-electron chi connectivity index (χ4n) is 1.57. The number of azide groups is 1. The molecule has 0 aliphatic rings. The Balaban J connectivity index is 2.13. The van der Waals surface area contributed by atoms with Gasteiger partial charge in [0.15, 0.2) is 0 Å². The smallest absolute Gasteiger partial charge is 0.252 e. The maximum absolute atomic E-state index is 11.9. The summed E-state index contributed by atoms with van der Waals surface area (Å²) in [6, 6.07) is 3.36. The van der Waals surface area contributed by atoms with Crippen molar-refractivity contribution >= 4 is 17.4 Å². The van der Waals surface area contributed by atoms with E-state index < -0.39 is 0 Å². The Morgan fingerprint density at radius 2 is 2.00 bits per heavy atom. The molecule has 25 heavy (non-hydrogen) atoms. The lowest BCUT2D eigenvalue weighted by Crippen LogP contribution is -2.27. The lowest BCUT2D eigenvalue weighted by molar-refractivity contribution is 0.0511. The van der Waals surface area contributed by atoms with Gasteiger partial charge in [-0.1, -0.05) is 5.11 Å². The summed E-state index contributed by atoms with van der Waals surface area (Å²) in [5.74, 6) is 0.352. The highest BCUT2D eigenvalue weighted by Gasteiger charge is 2.05. The zero-order valence-electron chi connectivity index (χ0n) is 14.4. The highest BCUT2D eigenvalue weighted by molar-refractivity contribution is 5.94. The number of aromatic nitrogens is 1. The minimum absolute atomic E-state index is 0.219. The van der Waals surface area contributed by atoms with Gasteiger partial charge in [0.1, 0.15) is 5.82 Å². The highest BCUT2D eigenvalue weighted by Crippen LogP contribution is 2.05. The summed E-state index contributed by atoms with van der Waals surface area (Å²) < 4.78 is 10.5. The van der Waals surface area contributed by atoms with Crippen molar-refractivity contribution in [3.05, 3.63) is 34.3 Å². The second kappa shape index (κ2) is 12.7. The van der Waals surface area contributed by atoms with E-state index in [1.807, 2.05) is 13.8 Å². The number of carbonyl (C=O) groups excluding carboxylic acids is 1. The standard InChI is InChI=1S/C15H23N7O3/c1-12(2)20-21-14-4-3-13(11-18-14)15(23)17-5-7-24-9-10-25-8-6-19-22-16/h3-4,11H,5-10H2,1-2H3,(H,17,23)(H,18,21). The molecule has 2 N–H and O–H groups in total. The molecule has 0 aliphatic heterocycles. The molecule has 1 rings (SSSR count). The molecular formula is C15H23N7O3. The Hall–Kier alpha value is -2.68. The number of amides is 1. The molecule has 0 saturated heterocycles. The molecule has 0 spiro atoms. The number of anilines is 1. The number of ether oxygens (including phenoxy) is 2. The van der Waals surface area contributed by atoms with Crippen molar-refractivity contribution in [2.45, 2.75) is 13.8 Å². The van der Waals surface area contributed by atoms with Gasteiger partial charge in [-0.25, -0.2) is 4.98 Å². The molecule has 10 heteroatoms. The van der Waals surface area contributed by atoms with E-state index in [9.17, 15) is 4.79 Å². The predicted molar refractivity (Wildman–Crippen MR) is 94.6 cm³/mol. The third-order valence-corrected chi connectivity index (χ3v) is 2.72. The topological polar surface area (TPSA) is 134 Å². The largest absolute Gasteiger partial charge is 0.379 e. The molecule has 10 nitrogen and oxygen atoms in total. The van der Waals surface area contributed by atoms with Crippen LogP contribution in [0.25, 0.3) is 10.4 Å². The highest BCUT2D eigenvalue weighted by atomic mass is 16.5. The van der Waals surface area contributed by atoms with Crippen LogP contribution < -0.4 is 10.7 Å². The number of pyridine rings is 1. The maximum atomic E-state index is 11.9. The molecule has 0 unspecified atom stereocenters. The second-order valence-electron chi connectivity index (χ2n) is 5.04. The van der Waals surface area contributed by atoms with Crippen LogP contribution >= 0.6 is 0 Å². The summed E-state index contributed by atoms with van der Waals surface area (Å²) in [6.07, 6.45) is 1.48. The van der Waals surface area contributed by atoms with E-state index in [4.69, 9.17) is 15.0 Å². The molecule has 1 aromatic rings. The Morgan fingerprint density at radius 3 is 2.64 bits per heavy atom. The number of hydrazone groups is 1. The van der Waals surface area contributed by atoms with Crippen LogP contribution in [-0.2, 0) is 9.47 Å². The van der Waals surface area contributed by atoms with Crippen LogP contribution in [0.2, 0.25) is 0 Å². The molecular weight excluding hydrogens is 326 g/mol. The monoisotopic (exact) mass is 349 g/mol. The van der Waals surface area contributed by atoms with E-state index in [1.165, 1.54) is 6.20 Å². The first-order valence-electron chi connectivity index (χ1n) is 7.81. The van der Waals surface area contributed by atoms with Crippen molar-refractivity contribution in [1.29, 1.82) is 0 Å². The van der Waals surface area contributed by atoms with Gasteiger partial charge in [-0.15, -0.1) is 0 Å². The van der Waals surface area contributed by atoms with Crippen LogP contribution in [0.15, 0.2) is 28.5 Å². The SMILES string of the molecule is CC(C)=NNc1ccc(C(=O)NCCOCCOCCN=[N+]=[N-])cn1. The summed E-state index contributed by atoms with van der Waals surface area (Å²) >= 11 is 0. The van der Waals surface area contributed by atoms with Crippen LogP contribution in [0.1, 0.15) is 24.2 Å². The molecule has 0 bridgehead atoms. The van der Waals surface area contributed by atoms with Crippen LogP contribution in [-0.4, -0.2) is 56.1 Å². The van der Waals surface area contributed by atoms with Crippen molar-refractivity contribution in [2.75, 3.05) is 44.9 Å². The average Bonchev–Trinajstić information content (AvgIpc) is 2.61. The van der Waals surface area contributed by atoms with E-state index in [0.29, 0.717) is 50.9 Å². The first-order chi connectivity index (χ1) is 12.1. The lowest BCUT2D eigenvalue weighted by Gasteiger charge is -2.07. The molecule has 0 aromatic carbocycles. The number of hydrogen-bond donors (Lipinski definition) is 2. The quantitative estimate of drug-likeness (QED) is 0.149. The molecule has 1 amide bonds. The normalized spacial score (nSPS) is 9.84. The van der Waals surface area contributed by atoms with Crippen LogP contribution in [0.3, 0.4) is 0 Å². The molecule has 0 fully saturated rings.